The van der Waals surface area contributed by atoms with Gasteiger partial charge in [0.05, 0.1) is 11.8 Å². The smallest absolute Gasteiger partial charge is 0.871 e. The van der Waals surface area contributed by atoms with E-state index >= 15 is 0 Å². The van der Waals surface area contributed by atoms with Gasteiger partial charge in [0.1, 0.15) is 0 Å². The van der Waals surface area contributed by atoms with E-state index in [0.717, 1.165) is 6.21 Å². The second-order valence-corrected chi connectivity index (χ2v) is 3.20. The van der Waals surface area contributed by atoms with E-state index < -0.39 is 11.7 Å². The van der Waals surface area contributed by atoms with E-state index in [4.69, 9.17) is 10.8 Å². The zero-order chi connectivity index (χ0) is 12.1. The maximum absolute atomic E-state index is 11.5. The van der Waals surface area contributed by atoms with Crippen LogP contribution in [0.1, 0.15) is 15.9 Å². The van der Waals surface area contributed by atoms with Gasteiger partial charge in [-0.15, -0.1) is 0 Å². The van der Waals surface area contributed by atoms with Gasteiger partial charge in [-0.1, -0.05) is 17.9 Å². The Kier molecular flexibility index (Phi) is 8.75. The van der Waals surface area contributed by atoms with Gasteiger partial charge in [-0.3, -0.25) is 5.43 Å². The number of hydrogen-bond acceptors (Lipinski definition) is 4. The van der Waals surface area contributed by atoms with Crippen LogP contribution in [0, 0.1) is 0 Å². The minimum absolute atomic E-state index is 0. The van der Waals surface area contributed by atoms with Crippen molar-refractivity contribution >= 4 is 29.5 Å². The van der Waals surface area contributed by atoms with Gasteiger partial charge in [0.25, 0.3) is 0 Å². The standard InChI is InChI=1S/C9H9N3O3S.Cu.H2N/c10-9(16)12-11-4-5-2-1-3-6(7(5)13)8(14)15;;/h1-4,13H,(H,14,15)(H3,10,12,16);;1H2/q;+2;-1/p-1/b11-4+;;. The van der Waals surface area contributed by atoms with E-state index in [1.54, 1.807) is 0 Å². The van der Waals surface area contributed by atoms with Crippen molar-refractivity contribution in [1.29, 1.82) is 0 Å². The molecule has 0 unspecified atom stereocenters. The van der Waals surface area contributed by atoms with Crippen molar-refractivity contribution in [3.05, 3.63) is 35.5 Å². The maximum Gasteiger partial charge on any atom is 2.00 e. The Morgan fingerprint density at radius 1 is 1.56 bits per heavy atom. The Hall–Kier alpha value is -1.67. The van der Waals surface area contributed by atoms with Crippen molar-refractivity contribution in [2.24, 2.45) is 10.8 Å². The van der Waals surface area contributed by atoms with E-state index in [-0.39, 0.29) is 39.5 Å². The number of benzene rings is 1. The summed E-state index contributed by atoms with van der Waals surface area (Å²) in [4.78, 5) is 10.7. The molecular formula is C9H10CuN4O3S. The Morgan fingerprint density at radius 2 is 2.17 bits per heavy atom. The van der Waals surface area contributed by atoms with Crippen LogP contribution >= 0.6 is 12.2 Å². The first-order chi connectivity index (χ1) is 7.52. The van der Waals surface area contributed by atoms with E-state index in [9.17, 15) is 9.90 Å². The number of hydrazone groups is 1. The third kappa shape index (κ3) is 5.11. The molecule has 0 bridgehead atoms. The van der Waals surface area contributed by atoms with Gasteiger partial charge in [0.15, 0.2) is 5.11 Å². The van der Waals surface area contributed by atoms with Crippen LogP contribution in [0.15, 0.2) is 23.3 Å². The van der Waals surface area contributed by atoms with Crippen molar-refractivity contribution in [2.45, 2.75) is 0 Å². The van der Waals surface area contributed by atoms with Crippen molar-refractivity contribution in [3.63, 3.8) is 0 Å². The summed E-state index contributed by atoms with van der Waals surface area (Å²) in [5.74, 6) is -1.88. The van der Waals surface area contributed by atoms with Crippen LogP contribution < -0.4 is 16.3 Å². The van der Waals surface area contributed by atoms with Crippen molar-refractivity contribution in [2.75, 3.05) is 0 Å². The Bertz CT molecular complexity index is 467. The Morgan fingerprint density at radius 3 is 2.67 bits per heavy atom. The molecule has 0 atom stereocenters. The fourth-order valence-electron chi connectivity index (χ4n) is 0.990. The number of thiocarbonyl (C=S) groups is 1. The molecule has 0 spiro atoms. The third-order valence-electron chi connectivity index (χ3n) is 1.65. The number of nitrogens with zero attached hydrogens (tertiary/aromatic N) is 1. The molecule has 0 heterocycles. The van der Waals surface area contributed by atoms with Crippen LogP contribution in [0.5, 0.6) is 5.75 Å². The summed E-state index contributed by atoms with van der Waals surface area (Å²) in [6.07, 6.45) is 1.16. The predicted octanol–water partition coefficient (Wildman–Crippen LogP) is 0.340. The molecule has 0 aliphatic rings. The number of carbonyl (C=O) groups is 1. The molecule has 6 N–H and O–H groups in total. The SMILES string of the molecule is NC(=S)N/N=C/c1cccc(C(=O)O)c1[O-].[Cu+2].[NH2-]. The summed E-state index contributed by atoms with van der Waals surface area (Å²) >= 11 is 4.49. The fraction of sp³-hybridized carbons (Fsp3) is 0. The van der Waals surface area contributed by atoms with Gasteiger partial charge in [-0.05, 0) is 23.8 Å². The number of carboxylic acids is 1. The first-order valence-electron chi connectivity index (χ1n) is 4.14. The molecule has 0 amide bonds. The molecule has 1 aromatic rings. The normalized spacial score (nSPS) is 9.11. The average Bonchev–Trinajstić information content (AvgIpc) is 2.19. The number of nitrogens with two attached hydrogens (primary N) is 2. The zero-order valence-corrected chi connectivity index (χ0v) is 10.6. The molecular weight excluding hydrogens is 308 g/mol. The third-order valence-corrected chi connectivity index (χ3v) is 1.75. The zero-order valence-electron chi connectivity index (χ0n) is 8.88. The quantitative estimate of drug-likeness (QED) is 0.317. The molecule has 1 rings (SSSR count). The molecule has 1 aromatic carbocycles. The van der Waals surface area contributed by atoms with Gasteiger partial charge in [-0.2, -0.15) is 5.10 Å². The minimum Gasteiger partial charge on any atom is -0.871 e. The van der Waals surface area contributed by atoms with Crippen LogP contribution in [0.25, 0.3) is 6.15 Å². The monoisotopic (exact) mass is 317 g/mol. The largest absolute Gasteiger partial charge is 2.00 e. The van der Waals surface area contributed by atoms with E-state index in [0.29, 0.717) is 0 Å². The van der Waals surface area contributed by atoms with Gasteiger partial charge >= 0.3 is 23.0 Å². The summed E-state index contributed by atoms with van der Waals surface area (Å²) in [5, 5.41) is 23.7. The van der Waals surface area contributed by atoms with Gasteiger partial charge < -0.3 is 22.1 Å². The van der Waals surface area contributed by atoms with E-state index in [2.05, 4.69) is 22.7 Å². The molecule has 0 saturated carbocycles. The second kappa shape index (κ2) is 8.42. The molecule has 0 aromatic heterocycles. The molecule has 0 aliphatic carbocycles. The van der Waals surface area contributed by atoms with Crippen LogP contribution in [0.2, 0.25) is 0 Å². The van der Waals surface area contributed by atoms with Crippen LogP contribution in [-0.4, -0.2) is 22.4 Å². The number of nitrogens with one attached hydrogen (secondary N) is 1. The Labute approximate surface area is 119 Å². The Balaban J connectivity index is 0. The maximum atomic E-state index is 11.5. The minimum atomic E-state index is -1.28. The number of para-hydroxylation sites is 1. The summed E-state index contributed by atoms with van der Waals surface area (Å²) in [5.41, 5.74) is 7.21. The first kappa shape index (κ1) is 18.7. The summed E-state index contributed by atoms with van der Waals surface area (Å²) in [7, 11) is 0. The molecule has 101 valence electrons. The van der Waals surface area contributed by atoms with Crippen molar-refractivity contribution < 1.29 is 32.1 Å². The number of rotatable bonds is 3. The number of aromatic carboxylic acids is 1. The van der Waals surface area contributed by atoms with Gasteiger partial charge in [-0.25, -0.2) is 4.79 Å². The van der Waals surface area contributed by atoms with E-state index in [1.807, 2.05) is 0 Å². The van der Waals surface area contributed by atoms with Crippen molar-refractivity contribution in [3.8, 4) is 5.75 Å². The summed E-state index contributed by atoms with van der Waals surface area (Å²) in [6.45, 7) is 0. The molecule has 0 aliphatic heterocycles. The van der Waals surface area contributed by atoms with E-state index in [1.165, 1.54) is 18.2 Å². The van der Waals surface area contributed by atoms with Crippen LogP contribution in [-0.2, 0) is 17.1 Å². The number of carboxylic acid groups (broad SMARTS) is 1. The van der Waals surface area contributed by atoms with Crippen molar-refractivity contribution in [1.82, 2.24) is 5.43 Å². The molecule has 0 fully saturated rings. The van der Waals surface area contributed by atoms with Gasteiger partial charge in [0, 0.05) is 0 Å². The molecule has 7 nitrogen and oxygen atoms in total. The molecule has 18 heavy (non-hydrogen) atoms. The average molecular weight is 318 g/mol. The van der Waals surface area contributed by atoms with Crippen LogP contribution in [0.4, 0.5) is 0 Å². The molecule has 1 radical (unpaired) electrons. The summed E-state index contributed by atoms with van der Waals surface area (Å²) in [6, 6.07) is 4.12. The molecule has 0 saturated heterocycles. The van der Waals surface area contributed by atoms with Gasteiger partial charge in [0.2, 0.25) is 0 Å². The summed E-state index contributed by atoms with van der Waals surface area (Å²) < 4.78 is 0. The van der Waals surface area contributed by atoms with Crippen LogP contribution in [0.3, 0.4) is 0 Å². The first-order valence-corrected chi connectivity index (χ1v) is 4.55. The topological polar surface area (TPSA) is 144 Å². The predicted molar refractivity (Wildman–Crippen MR) is 65.6 cm³/mol. The second-order valence-electron chi connectivity index (χ2n) is 2.76. The fourth-order valence-corrected chi connectivity index (χ4v) is 1.04. The number of hydrogen-bond donors (Lipinski definition) is 3. The molecule has 9 heteroatoms.